The lowest BCUT2D eigenvalue weighted by molar-refractivity contribution is -0.112. The van der Waals surface area contributed by atoms with E-state index in [0.717, 1.165) is 12.0 Å². The molecule has 0 aliphatic rings. The van der Waals surface area contributed by atoms with E-state index in [2.05, 4.69) is 0 Å². The third-order valence-electron chi connectivity index (χ3n) is 3.30. The average molecular weight is 298 g/mol. The van der Waals surface area contributed by atoms with Gasteiger partial charge in [0.1, 0.15) is 30.2 Å². The molecule has 6 heteroatoms. The first kappa shape index (κ1) is 17.6. The summed E-state index contributed by atoms with van der Waals surface area (Å²) in [6.07, 6.45) is -4.95. The predicted molar refractivity (Wildman–Crippen MR) is 77.5 cm³/mol. The van der Waals surface area contributed by atoms with Crippen LogP contribution < -0.4 is 0 Å². The molecule has 1 aromatic carbocycles. The molecule has 0 amide bonds. The van der Waals surface area contributed by atoms with Crippen molar-refractivity contribution in [3.63, 3.8) is 0 Å². The Kier molecular flexibility index (Phi) is 6.80. The number of hydrogen-bond donors (Lipinski definition) is 6. The molecule has 0 heterocycles. The largest absolute Gasteiger partial charge is 0.509 e. The first-order chi connectivity index (χ1) is 9.92. The van der Waals surface area contributed by atoms with E-state index in [4.69, 9.17) is 5.11 Å². The van der Waals surface area contributed by atoms with E-state index >= 15 is 0 Å². The summed E-state index contributed by atoms with van der Waals surface area (Å²) >= 11 is 0. The molecule has 0 aliphatic heterocycles. The van der Waals surface area contributed by atoms with Crippen molar-refractivity contribution in [2.75, 3.05) is 6.61 Å². The minimum atomic E-state index is -1.82. The zero-order chi connectivity index (χ0) is 16.0. The fourth-order valence-corrected chi connectivity index (χ4v) is 1.94. The SMILES string of the molecule is CCc1ccccc1C=C(O)[C@H](O)[C@@H](O)[C@H](O)[C@H](O)CO. The summed E-state index contributed by atoms with van der Waals surface area (Å²) in [7, 11) is 0. The van der Waals surface area contributed by atoms with E-state index in [-0.39, 0.29) is 0 Å². The van der Waals surface area contributed by atoms with Crippen LogP contribution in [0, 0.1) is 0 Å². The Labute approximate surface area is 123 Å². The highest BCUT2D eigenvalue weighted by atomic mass is 16.4. The van der Waals surface area contributed by atoms with E-state index in [0.29, 0.717) is 5.56 Å². The van der Waals surface area contributed by atoms with Crippen molar-refractivity contribution in [1.29, 1.82) is 0 Å². The minimum Gasteiger partial charge on any atom is -0.509 e. The van der Waals surface area contributed by atoms with Crippen LogP contribution in [-0.4, -0.2) is 61.7 Å². The highest BCUT2D eigenvalue weighted by molar-refractivity contribution is 5.56. The topological polar surface area (TPSA) is 121 Å². The molecule has 0 radical (unpaired) electrons. The van der Waals surface area contributed by atoms with Crippen LogP contribution in [0.4, 0.5) is 0 Å². The lowest BCUT2D eigenvalue weighted by Gasteiger charge is -2.25. The molecule has 6 nitrogen and oxygen atoms in total. The van der Waals surface area contributed by atoms with Crippen LogP contribution in [0.15, 0.2) is 30.0 Å². The smallest absolute Gasteiger partial charge is 0.139 e. The van der Waals surface area contributed by atoms with Crippen LogP contribution >= 0.6 is 0 Å². The summed E-state index contributed by atoms with van der Waals surface area (Å²) in [6.45, 7) is 1.17. The number of aryl methyl sites for hydroxylation is 1. The van der Waals surface area contributed by atoms with Gasteiger partial charge in [-0.1, -0.05) is 31.2 Å². The van der Waals surface area contributed by atoms with E-state index in [9.17, 15) is 25.5 Å². The number of hydrogen-bond acceptors (Lipinski definition) is 6. The molecule has 0 aromatic heterocycles. The first-order valence-electron chi connectivity index (χ1n) is 6.73. The summed E-state index contributed by atoms with van der Waals surface area (Å²) in [5.74, 6) is -0.535. The molecule has 0 spiro atoms. The maximum Gasteiger partial charge on any atom is 0.139 e. The van der Waals surface area contributed by atoms with E-state index in [1.165, 1.54) is 6.08 Å². The Morgan fingerprint density at radius 2 is 1.71 bits per heavy atom. The van der Waals surface area contributed by atoms with E-state index in [1.807, 2.05) is 19.1 Å². The highest BCUT2D eigenvalue weighted by Gasteiger charge is 2.32. The molecule has 0 aliphatic carbocycles. The van der Waals surface area contributed by atoms with Gasteiger partial charge in [-0.25, -0.2) is 0 Å². The summed E-state index contributed by atoms with van der Waals surface area (Å²) in [5, 5.41) is 56.8. The lowest BCUT2D eigenvalue weighted by Crippen LogP contribution is -2.46. The Bertz CT molecular complexity index is 473. The molecule has 0 unspecified atom stereocenters. The number of benzene rings is 1. The van der Waals surface area contributed by atoms with Crippen LogP contribution in [0.3, 0.4) is 0 Å². The van der Waals surface area contributed by atoms with Gasteiger partial charge in [-0.15, -0.1) is 0 Å². The lowest BCUT2D eigenvalue weighted by atomic mass is 9.99. The Morgan fingerprint density at radius 3 is 2.29 bits per heavy atom. The molecule has 4 atom stereocenters. The molecular weight excluding hydrogens is 276 g/mol. The van der Waals surface area contributed by atoms with Crippen LogP contribution in [-0.2, 0) is 6.42 Å². The standard InChI is InChI=1S/C15H22O6/c1-2-9-5-3-4-6-10(9)7-11(17)13(19)15(21)14(20)12(18)8-16/h3-7,12-21H,2,8H2,1H3/t12-,13+,14-,15-/m1/s1. The quantitative estimate of drug-likeness (QED) is 0.380. The molecule has 1 aromatic rings. The van der Waals surface area contributed by atoms with Crippen molar-refractivity contribution in [2.45, 2.75) is 37.8 Å². The van der Waals surface area contributed by atoms with Crippen LogP contribution in [0.25, 0.3) is 6.08 Å². The zero-order valence-corrected chi connectivity index (χ0v) is 11.8. The maximum absolute atomic E-state index is 9.86. The average Bonchev–Trinajstić information content (AvgIpc) is 2.52. The maximum atomic E-state index is 9.86. The van der Waals surface area contributed by atoms with Gasteiger partial charge in [0.25, 0.3) is 0 Å². The van der Waals surface area contributed by atoms with Gasteiger partial charge in [-0.3, -0.25) is 0 Å². The van der Waals surface area contributed by atoms with Crippen molar-refractivity contribution in [3.8, 4) is 0 Å². The van der Waals surface area contributed by atoms with Crippen molar-refractivity contribution in [1.82, 2.24) is 0 Å². The Balaban J connectivity index is 2.91. The second kappa shape index (κ2) is 8.11. The van der Waals surface area contributed by atoms with Crippen molar-refractivity contribution in [3.05, 3.63) is 41.2 Å². The molecule has 1 rings (SSSR count). The van der Waals surface area contributed by atoms with Crippen molar-refractivity contribution in [2.24, 2.45) is 0 Å². The van der Waals surface area contributed by atoms with Gasteiger partial charge in [0.05, 0.1) is 6.61 Å². The molecule has 0 fully saturated rings. The molecule has 21 heavy (non-hydrogen) atoms. The van der Waals surface area contributed by atoms with E-state index in [1.54, 1.807) is 12.1 Å². The summed E-state index contributed by atoms with van der Waals surface area (Å²) in [4.78, 5) is 0. The first-order valence-corrected chi connectivity index (χ1v) is 6.73. The number of rotatable bonds is 7. The molecule has 0 saturated heterocycles. The second-order valence-corrected chi connectivity index (χ2v) is 4.80. The fraction of sp³-hybridized carbons (Fsp3) is 0.467. The zero-order valence-electron chi connectivity index (χ0n) is 11.8. The molecule has 0 saturated carbocycles. The van der Waals surface area contributed by atoms with Gasteiger partial charge in [0.2, 0.25) is 0 Å². The van der Waals surface area contributed by atoms with Gasteiger partial charge < -0.3 is 30.6 Å². The normalized spacial score (nSPS) is 18.1. The highest BCUT2D eigenvalue weighted by Crippen LogP contribution is 2.17. The molecule has 6 N–H and O–H groups in total. The van der Waals surface area contributed by atoms with Crippen LogP contribution in [0.2, 0.25) is 0 Å². The van der Waals surface area contributed by atoms with Crippen molar-refractivity contribution < 1.29 is 30.6 Å². The summed E-state index contributed by atoms with van der Waals surface area (Å²) in [5.41, 5.74) is 1.63. The Morgan fingerprint density at radius 1 is 1.10 bits per heavy atom. The minimum absolute atomic E-state index is 0.535. The third kappa shape index (κ3) is 4.52. The van der Waals surface area contributed by atoms with Crippen LogP contribution in [0.1, 0.15) is 18.1 Å². The van der Waals surface area contributed by atoms with Gasteiger partial charge in [0.15, 0.2) is 0 Å². The molecule has 0 bridgehead atoms. The second-order valence-electron chi connectivity index (χ2n) is 4.80. The number of aliphatic hydroxyl groups is 6. The van der Waals surface area contributed by atoms with Gasteiger partial charge in [-0.05, 0) is 23.6 Å². The van der Waals surface area contributed by atoms with Gasteiger partial charge in [0, 0.05) is 0 Å². The number of aliphatic hydroxyl groups excluding tert-OH is 6. The van der Waals surface area contributed by atoms with Gasteiger partial charge in [-0.2, -0.15) is 0 Å². The molecular formula is C15H22O6. The monoisotopic (exact) mass is 298 g/mol. The fourth-order valence-electron chi connectivity index (χ4n) is 1.94. The third-order valence-corrected chi connectivity index (χ3v) is 3.30. The summed E-state index contributed by atoms with van der Waals surface area (Å²) < 4.78 is 0. The van der Waals surface area contributed by atoms with Gasteiger partial charge >= 0.3 is 0 Å². The van der Waals surface area contributed by atoms with Crippen molar-refractivity contribution >= 4 is 6.08 Å². The predicted octanol–water partition coefficient (Wildman–Crippen LogP) is -0.416. The van der Waals surface area contributed by atoms with Crippen LogP contribution in [0.5, 0.6) is 0 Å². The Hall–Kier alpha value is -1.44. The molecule has 118 valence electrons. The summed E-state index contributed by atoms with van der Waals surface area (Å²) in [6, 6.07) is 7.23. The van der Waals surface area contributed by atoms with E-state index < -0.39 is 36.8 Å².